The summed E-state index contributed by atoms with van der Waals surface area (Å²) >= 11 is 0. The van der Waals surface area contributed by atoms with Crippen LogP contribution in [0.15, 0.2) is 76.5 Å². The number of benzene rings is 4. The third-order valence-electron chi connectivity index (χ3n) is 6.72. The Morgan fingerprint density at radius 3 is 1.70 bits per heavy atom. The van der Waals surface area contributed by atoms with Crippen LogP contribution in [-0.4, -0.2) is 70.1 Å². The fourth-order valence-electron chi connectivity index (χ4n) is 4.85. The highest BCUT2D eigenvalue weighted by Crippen LogP contribution is 2.47. The van der Waals surface area contributed by atoms with Gasteiger partial charge in [0.15, 0.2) is 5.71 Å². The van der Waals surface area contributed by atoms with Crippen LogP contribution in [0, 0.1) is 0 Å². The Hall–Kier alpha value is -3.29. The van der Waals surface area contributed by atoms with Crippen LogP contribution in [0.25, 0.3) is 21.5 Å². The summed E-state index contributed by atoms with van der Waals surface area (Å²) in [6.07, 6.45) is 1.21. The Labute approximate surface area is 255 Å². The summed E-state index contributed by atoms with van der Waals surface area (Å²) in [6.45, 7) is 5.97. The second kappa shape index (κ2) is 11.9. The van der Waals surface area contributed by atoms with Crippen LogP contribution in [0.3, 0.4) is 0 Å². The van der Waals surface area contributed by atoms with Crippen LogP contribution in [0.4, 0.5) is 11.4 Å². The first-order valence-corrected chi connectivity index (χ1v) is 18.8. The van der Waals surface area contributed by atoms with E-state index in [-0.39, 0.29) is 5.39 Å². The molecule has 0 aromatic heterocycles. The lowest BCUT2D eigenvalue weighted by Crippen LogP contribution is -2.26. The molecule has 0 fully saturated rings. The summed E-state index contributed by atoms with van der Waals surface area (Å²) in [6, 6.07) is 19.0. The van der Waals surface area contributed by atoms with Crippen molar-refractivity contribution in [2.24, 2.45) is 0 Å². The average Bonchev–Trinajstić information content (AvgIpc) is 3.04. The minimum absolute atomic E-state index is 0.0256. The van der Waals surface area contributed by atoms with Crippen molar-refractivity contribution in [1.29, 1.82) is 0 Å². The molecule has 0 radical (unpaired) electrons. The van der Waals surface area contributed by atoms with E-state index in [9.17, 15) is 25.9 Å². The van der Waals surface area contributed by atoms with Crippen molar-refractivity contribution in [1.82, 2.24) is 4.58 Å². The highest BCUT2D eigenvalue weighted by atomic mass is 32.2. The first kappa shape index (κ1) is 35.2. The Kier molecular flexibility index (Phi) is 9.52. The molecule has 0 amide bonds. The van der Waals surface area contributed by atoms with Gasteiger partial charge in [-0.15, -0.1) is 0 Å². The van der Waals surface area contributed by atoms with E-state index in [2.05, 4.69) is 0 Å². The van der Waals surface area contributed by atoms with Crippen molar-refractivity contribution in [3.05, 3.63) is 72.3 Å². The molecule has 44 heavy (non-hydrogen) atoms. The summed E-state index contributed by atoms with van der Waals surface area (Å²) in [4.78, 5) is -0.879. The Morgan fingerprint density at radius 1 is 0.682 bits per heavy atom. The van der Waals surface area contributed by atoms with Crippen LogP contribution in [0.1, 0.15) is 26.3 Å². The summed E-state index contributed by atoms with van der Waals surface area (Å²) in [7, 11) is -17.1. The van der Waals surface area contributed by atoms with Gasteiger partial charge >= 0.3 is 0 Å². The first-order chi connectivity index (χ1) is 19.8. The maximum atomic E-state index is 12.4. The van der Waals surface area contributed by atoms with Crippen molar-refractivity contribution in [3.63, 3.8) is 0 Å². The van der Waals surface area contributed by atoms with E-state index < -0.39 is 55.7 Å². The summed E-state index contributed by atoms with van der Waals surface area (Å²) in [5.74, 6) is 0. The van der Waals surface area contributed by atoms with E-state index in [1.165, 1.54) is 18.2 Å². The van der Waals surface area contributed by atoms with E-state index in [1.54, 1.807) is 0 Å². The van der Waals surface area contributed by atoms with Crippen LogP contribution in [0.2, 0.25) is 0 Å². The van der Waals surface area contributed by atoms with Gasteiger partial charge in [0.25, 0.3) is 20.2 Å². The first-order valence-electron chi connectivity index (χ1n) is 12.3. The molecule has 1 heterocycles. The molecule has 238 valence electrons. The minimum Gasteiger partial charge on any atom is -0.748 e. The normalized spacial score (nSPS) is 14.8. The van der Waals surface area contributed by atoms with Gasteiger partial charge in [-0.05, 0) is 48.2 Å². The van der Waals surface area contributed by atoms with E-state index >= 15 is 0 Å². The maximum Gasteiger partial charge on any atom is 0.295 e. The summed E-state index contributed by atoms with van der Waals surface area (Å²) < 4.78 is 124. The predicted octanol–water partition coefficient (Wildman–Crippen LogP) is 3.40. The fourth-order valence-corrected chi connectivity index (χ4v) is 6.07. The molecule has 4 aromatic rings. The second-order valence-corrected chi connectivity index (χ2v) is 16.0. The van der Waals surface area contributed by atoms with Crippen molar-refractivity contribution in [2.75, 3.05) is 12.5 Å². The van der Waals surface area contributed by atoms with E-state index in [0.717, 1.165) is 33.8 Å². The molecule has 0 saturated carbocycles. The molecule has 0 saturated heterocycles. The lowest BCUT2D eigenvalue weighted by Gasteiger charge is -2.18. The smallest absolute Gasteiger partial charge is 0.295 e. The number of nitrogens with zero attached hydrogens (tertiary/aromatic N) is 1. The van der Waals surface area contributed by atoms with Gasteiger partial charge in [0.2, 0.25) is 11.4 Å². The minimum atomic E-state index is -4.72. The van der Waals surface area contributed by atoms with Gasteiger partial charge in [-0.2, -0.15) is 21.4 Å². The van der Waals surface area contributed by atoms with Gasteiger partial charge in [-0.25, -0.2) is 16.8 Å². The second-order valence-electron chi connectivity index (χ2n) is 10.4. The van der Waals surface area contributed by atoms with E-state index in [0.29, 0.717) is 23.6 Å². The zero-order chi connectivity index (χ0) is 33.6. The molecule has 0 bridgehead atoms. The third-order valence-corrected chi connectivity index (χ3v) is 8.47. The molecule has 17 heteroatoms. The summed E-state index contributed by atoms with van der Waals surface area (Å²) in [5, 5.41) is 2.59. The van der Waals surface area contributed by atoms with E-state index in [4.69, 9.17) is 25.9 Å². The van der Waals surface area contributed by atoms with Gasteiger partial charge in [-0.1, -0.05) is 30.3 Å². The molecule has 0 atom stereocenters. The van der Waals surface area contributed by atoms with Gasteiger partial charge in [0, 0.05) is 48.6 Å². The van der Waals surface area contributed by atoms with Crippen LogP contribution < -0.4 is 4.58 Å². The number of hydrogen-bond acceptors (Lipinski definition) is 10. The van der Waals surface area contributed by atoms with Gasteiger partial charge in [0.05, 0.1) is 30.5 Å². The zero-order valence-electron chi connectivity index (χ0n) is 23.9. The molecule has 0 spiro atoms. The van der Waals surface area contributed by atoms with Crippen molar-refractivity contribution >= 4 is 79.1 Å². The topological polar surface area (TPSA) is 226 Å². The van der Waals surface area contributed by atoms with Crippen LogP contribution in [-0.2, 0) is 45.9 Å². The average molecular weight is 687 g/mol. The van der Waals surface area contributed by atoms with Crippen molar-refractivity contribution in [2.45, 2.75) is 36.0 Å². The maximum absolute atomic E-state index is 12.4. The van der Waals surface area contributed by atoms with Gasteiger partial charge < -0.3 is 9.11 Å². The summed E-state index contributed by atoms with van der Waals surface area (Å²) in [5.41, 5.74) is 2.60. The molecule has 2 N–H and O–H groups in total. The monoisotopic (exact) mass is 686 g/mol. The molecular weight excluding hydrogens is 659 g/mol. The molecule has 0 unspecified atom stereocenters. The quantitative estimate of drug-likeness (QED) is 0.234. The highest BCUT2D eigenvalue weighted by Gasteiger charge is 2.46. The fraction of sp³-hybridized carbons (Fsp3) is 0.222. The number of fused-ring (bicyclic) bond motifs is 4. The van der Waals surface area contributed by atoms with Crippen molar-refractivity contribution in [3.8, 4) is 0 Å². The third kappa shape index (κ3) is 8.24. The van der Waals surface area contributed by atoms with Gasteiger partial charge in [0.1, 0.15) is 4.90 Å². The molecule has 1 aliphatic heterocycles. The molecular formula is C27H28NO12S4-. The Morgan fingerprint density at radius 2 is 1.20 bits per heavy atom. The molecule has 13 nitrogen and oxygen atoms in total. The highest BCUT2D eigenvalue weighted by molar-refractivity contribution is 7.86. The van der Waals surface area contributed by atoms with Crippen LogP contribution >= 0.6 is 0 Å². The largest absolute Gasteiger partial charge is 0.748 e. The lowest BCUT2D eigenvalue weighted by atomic mass is 9.80. The van der Waals surface area contributed by atoms with Crippen LogP contribution in [0.5, 0.6) is 0 Å². The van der Waals surface area contributed by atoms with E-state index in [1.807, 2.05) is 67.8 Å². The molecule has 4 aromatic carbocycles. The SMILES string of the molecule is CC1=[N+](c2ccc3ccccc3c2)c2cc(S(=O)(=O)O)c3cc(S(=O)(=O)O)ccc3c2C1(C)C.CS(=O)(=O)[O-].CS(=O)(=O)[O-]. The number of hydrogen-bond donors (Lipinski definition) is 2. The van der Waals surface area contributed by atoms with Gasteiger partial charge in [-0.3, -0.25) is 9.11 Å². The standard InChI is InChI=1S/C25H21NO6S2.2CH4O3S/c1-15-25(2,3)24-20-11-10-19(33(27,28)29)13-21(20)23(34(30,31)32)14-22(24)26(15)18-9-8-16-6-4-5-7-17(16)12-18;2*1-5(2,3)4/h4-14H,1-3H3,(H-,27,28,29,30,31,32);2*1H3,(H,2,3,4)/p-1. The Bertz CT molecular complexity index is 2230. The number of rotatable bonds is 3. The molecule has 5 rings (SSSR count). The Balaban J connectivity index is 0.000000461. The van der Waals surface area contributed by atoms with Crippen molar-refractivity contribution < 1.29 is 51.9 Å². The molecule has 0 aliphatic carbocycles. The predicted molar refractivity (Wildman–Crippen MR) is 164 cm³/mol. The lowest BCUT2D eigenvalue weighted by molar-refractivity contribution is 0.468. The zero-order valence-corrected chi connectivity index (χ0v) is 27.2. The molecule has 1 aliphatic rings.